The van der Waals surface area contributed by atoms with Gasteiger partial charge in [-0.3, -0.25) is 4.79 Å². The molecule has 2 aromatic rings. The lowest BCUT2D eigenvalue weighted by Gasteiger charge is -2.03. The van der Waals surface area contributed by atoms with E-state index in [1.54, 1.807) is 17.5 Å². The maximum absolute atomic E-state index is 10.5. The van der Waals surface area contributed by atoms with Crippen LogP contribution in [0.25, 0.3) is 0 Å². The topological polar surface area (TPSA) is 68.0 Å². The van der Waals surface area contributed by atoms with Crippen molar-refractivity contribution in [2.45, 2.75) is 18.6 Å². The first-order valence-electron chi connectivity index (χ1n) is 4.92. The zero-order valence-corrected chi connectivity index (χ0v) is 10.8. The standard InChI is InChI=1S/C10H11N3O2S2/c1-7-12-4-8(17-7)5-13-3-2-11-10(13)16-6-9(14)15/h2-4H,5-6H2,1H3,(H,14,15). The Hall–Kier alpha value is -1.34. The van der Waals surface area contributed by atoms with Crippen LogP contribution < -0.4 is 0 Å². The highest BCUT2D eigenvalue weighted by molar-refractivity contribution is 7.99. The van der Waals surface area contributed by atoms with E-state index in [1.165, 1.54) is 11.8 Å². The molecule has 0 spiro atoms. The molecule has 2 heterocycles. The quantitative estimate of drug-likeness (QED) is 0.839. The van der Waals surface area contributed by atoms with Crippen molar-refractivity contribution in [1.82, 2.24) is 14.5 Å². The summed E-state index contributed by atoms with van der Waals surface area (Å²) in [5, 5.41) is 10.4. The molecule has 0 radical (unpaired) electrons. The van der Waals surface area contributed by atoms with E-state index >= 15 is 0 Å². The van der Waals surface area contributed by atoms with Crippen molar-refractivity contribution in [2.24, 2.45) is 0 Å². The van der Waals surface area contributed by atoms with Crippen LogP contribution >= 0.6 is 23.1 Å². The second kappa shape index (κ2) is 5.33. The molecule has 0 fully saturated rings. The summed E-state index contributed by atoms with van der Waals surface area (Å²) in [6.07, 6.45) is 5.36. The van der Waals surface area contributed by atoms with Crippen LogP contribution in [0.5, 0.6) is 0 Å². The minimum Gasteiger partial charge on any atom is -0.481 e. The molecular formula is C10H11N3O2S2. The summed E-state index contributed by atoms with van der Waals surface area (Å²) < 4.78 is 1.93. The van der Waals surface area contributed by atoms with E-state index in [1.807, 2.05) is 23.9 Å². The first kappa shape index (κ1) is 12.1. The van der Waals surface area contributed by atoms with E-state index < -0.39 is 5.97 Å². The number of aromatic nitrogens is 3. The van der Waals surface area contributed by atoms with Crippen LogP contribution in [0.4, 0.5) is 0 Å². The number of thioether (sulfide) groups is 1. The second-order valence-electron chi connectivity index (χ2n) is 3.37. The van der Waals surface area contributed by atoms with Crippen LogP contribution in [0.3, 0.4) is 0 Å². The number of nitrogens with zero attached hydrogens (tertiary/aromatic N) is 3. The summed E-state index contributed by atoms with van der Waals surface area (Å²) in [6, 6.07) is 0. The third-order valence-electron chi connectivity index (χ3n) is 2.00. The molecule has 0 bridgehead atoms. The van der Waals surface area contributed by atoms with Gasteiger partial charge >= 0.3 is 5.97 Å². The Kier molecular flexibility index (Phi) is 3.80. The lowest BCUT2D eigenvalue weighted by molar-refractivity contribution is -0.133. The van der Waals surface area contributed by atoms with Gasteiger partial charge in [-0.1, -0.05) is 11.8 Å². The van der Waals surface area contributed by atoms with E-state index in [0.717, 1.165) is 15.0 Å². The zero-order chi connectivity index (χ0) is 12.3. The lowest BCUT2D eigenvalue weighted by Crippen LogP contribution is -2.02. The summed E-state index contributed by atoms with van der Waals surface area (Å²) in [6.45, 7) is 2.65. The largest absolute Gasteiger partial charge is 0.481 e. The Morgan fingerprint density at radius 3 is 3.06 bits per heavy atom. The Labute approximate surface area is 107 Å². The Morgan fingerprint density at radius 2 is 2.41 bits per heavy atom. The number of aryl methyl sites for hydroxylation is 1. The van der Waals surface area contributed by atoms with Gasteiger partial charge in [0.2, 0.25) is 0 Å². The van der Waals surface area contributed by atoms with Crippen LogP contribution in [0, 0.1) is 6.92 Å². The highest BCUT2D eigenvalue weighted by atomic mass is 32.2. The average molecular weight is 269 g/mol. The van der Waals surface area contributed by atoms with Gasteiger partial charge in [-0.15, -0.1) is 11.3 Å². The molecule has 5 nitrogen and oxygen atoms in total. The summed E-state index contributed by atoms with van der Waals surface area (Å²) in [5.41, 5.74) is 0. The number of carboxylic acids is 1. The molecule has 0 aliphatic heterocycles. The number of hydrogen-bond donors (Lipinski definition) is 1. The maximum atomic E-state index is 10.5. The Morgan fingerprint density at radius 1 is 1.59 bits per heavy atom. The fourth-order valence-corrected chi connectivity index (χ4v) is 2.80. The van der Waals surface area contributed by atoms with Gasteiger partial charge in [-0.05, 0) is 6.92 Å². The molecule has 2 aromatic heterocycles. The maximum Gasteiger partial charge on any atom is 0.313 e. The number of hydrogen-bond acceptors (Lipinski definition) is 5. The fourth-order valence-electron chi connectivity index (χ4n) is 1.33. The van der Waals surface area contributed by atoms with E-state index in [2.05, 4.69) is 9.97 Å². The first-order chi connectivity index (χ1) is 8.15. The van der Waals surface area contributed by atoms with E-state index in [-0.39, 0.29) is 5.75 Å². The first-order valence-corrected chi connectivity index (χ1v) is 6.72. The van der Waals surface area contributed by atoms with Crippen molar-refractivity contribution < 1.29 is 9.90 Å². The highest BCUT2D eigenvalue weighted by Crippen LogP contribution is 2.19. The Bertz CT molecular complexity index is 521. The number of carboxylic acid groups (broad SMARTS) is 1. The summed E-state index contributed by atoms with van der Waals surface area (Å²) in [7, 11) is 0. The molecule has 7 heteroatoms. The molecule has 0 atom stereocenters. The summed E-state index contributed by atoms with van der Waals surface area (Å²) >= 11 is 2.86. The number of imidazole rings is 1. The van der Waals surface area contributed by atoms with Crippen LogP contribution in [-0.2, 0) is 11.3 Å². The average Bonchev–Trinajstić information content (AvgIpc) is 2.86. The molecule has 0 unspecified atom stereocenters. The monoisotopic (exact) mass is 269 g/mol. The van der Waals surface area contributed by atoms with E-state index in [9.17, 15) is 4.79 Å². The number of aliphatic carboxylic acids is 1. The predicted octanol–water partition coefficient (Wildman–Crippen LogP) is 1.87. The summed E-state index contributed by atoms with van der Waals surface area (Å²) in [4.78, 5) is 20.0. The van der Waals surface area contributed by atoms with Crippen molar-refractivity contribution in [1.29, 1.82) is 0 Å². The normalized spacial score (nSPS) is 10.6. The van der Waals surface area contributed by atoms with E-state index in [0.29, 0.717) is 6.54 Å². The molecule has 1 N–H and O–H groups in total. The molecule has 0 aliphatic rings. The molecule has 0 amide bonds. The fraction of sp³-hybridized carbons (Fsp3) is 0.300. The van der Waals surface area contributed by atoms with E-state index in [4.69, 9.17) is 5.11 Å². The van der Waals surface area contributed by atoms with Crippen molar-refractivity contribution in [3.8, 4) is 0 Å². The molecule has 0 saturated carbocycles. The highest BCUT2D eigenvalue weighted by Gasteiger charge is 2.08. The van der Waals surface area contributed by atoms with Gasteiger partial charge in [-0.25, -0.2) is 9.97 Å². The van der Waals surface area contributed by atoms with Crippen LogP contribution in [0.2, 0.25) is 0 Å². The molecule has 90 valence electrons. The minimum atomic E-state index is -0.835. The van der Waals surface area contributed by atoms with Gasteiger partial charge in [-0.2, -0.15) is 0 Å². The van der Waals surface area contributed by atoms with Gasteiger partial charge in [0, 0.05) is 23.5 Å². The van der Waals surface area contributed by atoms with Crippen LogP contribution in [0.1, 0.15) is 9.88 Å². The third kappa shape index (κ3) is 3.31. The smallest absolute Gasteiger partial charge is 0.313 e. The van der Waals surface area contributed by atoms with Gasteiger partial charge in [0.15, 0.2) is 5.16 Å². The van der Waals surface area contributed by atoms with Gasteiger partial charge in [0.1, 0.15) is 0 Å². The lowest BCUT2D eigenvalue weighted by atomic mass is 10.5. The molecule has 2 rings (SSSR count). The molecule has 0 aliphatic carbocycles. The van der Waals surface area contributed by atoms with Crippen molar-refractivity contribution in [3.05, 3.63) is 28.5 Å². The minimum absolute atomic E-state index is 0.0265. The number of carbonyl (C=O) groups is 1. The third-order valence-corrected chi connectivity index (χ3v) is 3.88. The number of thiazole rings is 1. The predicted molar refractivity (Wildman–Crippen MR) is 66.5 cm³/mol. The molecular weight excluding hydrogens is 258 g/mol. The van der Waals surface area contributed by atoms with Crippen molar-refractivity contribution >= 4 is 29.1 Å². The molecule has 0 saturated heterocycles. The SMILES string of the molecule is Cc1ncc(Cn2ccnc2SCC(=O)O)s1. The molecule has 0 aromatic carbocycles. The second-order valence-corrected chi connectivity index (χ2v) is 5.63. The summed E-state index contributed by atoms with van der Waals surface area (Å²) in [5.74, 6) is -0.808. The number of rotatable bonds is 5. The molecule has 17 heavy (non-hydrogen) atoms. The van der Waals surface area contributed by atoms with Crippen molar-refractivity contribution in [3.63, 3.8) is 0 Å². The van der Waals surface area contributed by atoms with Gasteiger partial charge < -0.3 is 9.67 Å². The van der Waals surface area contributed by atoms with Crippen molar-refractivity contribution in [2.75, 3.05) is 5.75 Å². The Balaban J connectivity index is 2.06. The van der Waals surface area contributed by atoms with Crippen LogP contribution in [-0.4, -0.2) is 31.4 Å². The van der Waals surface area contributed by atoms with Gasteiger partial charge in [0.05, 0.1) is 17.3 Å². The van der Waals surface area contributed by atoms with Crippen LogP contribution in [0.15, 0.2) is 23.7 Å². The zero-order valence-electron chi connectivity index (χ0n) is 9.16. The van der Waals surface area contributed by atoms with Gasteiger partial charge in [0.25, 0.3) is 0 Å².